The minimum absolute atomic E-state index is 0.298. The fourth-order valence-electron chi connectivity index (χ4n) is 3.72. The molecule has 5 heteroatoms. The lowest BCUT2D eigenvalue weighted by molar-refractivity contribution is -0.139. The summed E-state index contributed by atoms with van der Waals surface area (Å²) in [5.41, 5.74) is 1.10. The van der Waals surface area contributed by atoms with Crippen LogP contribution in [0.25, 0.3) is 0 Å². The van der Waals surface area contributed by atoms with Gasteiger partial charge in [-0.3, -0.25) is 9.69 Å². The predicted octanol–water partition coefficient (Wildman–Crippen LogP) is 2.41. The van der Waals surface area contributed by atoms with E-state index in [1.165, 1.54) is 32.1 Å². The zero-order chi connectivity index (χ0) is 16.1. The van der Waals surface area contributed by atoms with E-state index in [2.05, 4.69) is 26.7 Å². The molecule has 23 heavy (non-hydrogen) atoms. The van der Waals surface area contributed by atoms with E-state index in [1.54, 1.807) is 0 Å². The van der Waals surface area contributed by atoms with Crippen LogP contribution >= 0.6 is 0 Å². The molecular weight excluding hydrogens is 288 g/mol. The molecule has 1 aromatic heterocycles. The van der Waals surface area contributed by atoms with Gasteiger partial charge in [-0.05, 0) is 19.3 Å². The van der Waals surface area contributed by atoms with E-state index in [0.29, 0.717) is 18.5 Å². The van der Waals surface area contributed by atoms with Gasteiger partial charge in [-0.15, -0.1) is 0 Å². The quantitative estimate of drug-likeness (QED) is 0.837. The summed E-state index contributed by atoms with van der Waals surface area (Å²) in [5.74, 6) is 1.21. The molecule has 3 rings (SSSR count). The summed E-state index contributed by atoms with van der Waals surface area (Å²) in [6.45, 7) is 5.27. The molecule has 0 atom stereocenters. The van der Waals surface area contributed by atoms with Crippen molar-refractivity contribution >= 4 is 5.91 Å². The highest BCUT2D eigenvalue weighted by Gasteiger charge is 2.30. The Morgan fingerprint density at radius 3 is 2.52 bits per heavy atom. The molecule has 2 heterocycles. The molecule has 0 aromatic carbocycles. The van der Waals surface area contributed by atoms with Crippen molar-refractivity contribution in [2.24, 2.45) is 0 Å². The van der Waals surface area contributed by atoms with Crippen molar-refractivity contribution in [2.45, 2.75) is 64.5 Å². The van der Waals surface area contributed by atoms with Crippen molar-refractivity contribution in [3.05, 3.63) is 23.8 Å². The zero-order valence-corrected chi connectivity index (χ0v) is 14.2. The molecule has 126 valence electrons. The first-order valence-electron chi connectivity index (χ1n) is 9.08. The maximum Gasteiger partial charge on any atom is 0.237 e. The molecule has 0 radical (unpaired) electrons. The normalized spacial score (nSPS) is 20.9. The summed E-state index contributed by atoms with van der Waals surface area (Å²) in [4.78, 5) is 25.7. The SMILES string of the molecule is CCCc1ncc(CN2CCN(C3CCCCC3)C(=O)C2)cn1. The van der Waals surface area contributed by atoms with E-state index in [-0.39, 0.29) is 0 Å². The van der Waals surface area contributed by atoms with Crippen LogP contribution in [0, 0.1) is 0 Å². The molecule has 0 bridgehead atoms. The van der Waals surface area contributed by atoms with Crippen LogP contribution in [0.1, 0.15) is 56.8 Å². The average molecular weight is 316 g/mol. The summed E-state index contributed by atoms with van der Waals surface area (Å²) in [6, 6.07) is 0.495. The number of carbonyl (C=O) groups is 1. The van der Waals surface area contributed by atoms with Crippen LogP contribution in [0.3, 0.4) is 0 Å². The molecule has 0 spiro atoms. The second kappa shape index (κ2) is 7.86. The first-order chi connectivity index (χ1) is 11.3. The minimum Gasteiger partial charge on any atom is -0.337 e. The zero-order valence-electron chi connectivity index (χ0n) is 14.2. The molecule has 0 N–H and O–H groups in total. The summed E-state index contributed by atoms with van der Waals surface area (Å²) >= 11 is 0. The summed E-state index contributed by atoms with van der Waals surface area (Å²) in [5, 5.41) is 0. The molecule has 0 unspecified atom stereocenters. The number of rotatable bonds is 5. The average Bonchev–Trinajstić information content (AvgIpc) is 2.58. The van der Waals surface area contributed by atoms with Gasteiger partial charge in [-0.25, -0.2) is 9.97 Å². The van der Waals surface area contributed by atoms with Gasteiger partial charge in [-0.1, -0.05) is 26.2 Å². The van der Waals surface area contributed by atoms with E-state index in [9.17, 15) is 4.79 Å². The molecule has 1 aromatic rings. The highest BCUT2D eigenvalue weighted by Crippen LogP contribution is 2.24. The van der Waals surface area contributed by atoms with Crippen molar-refractivity contribution < 1.29 is 4.79 Å². The van der Waals surface area contributed by atoms with Gasteiger partial charge in [0.15, 0.2) is 0 Å². The Hall–Kier alpha value is -1.49. The topological polar surface area (TPSA) is 49.3 Å². The lowest BCUT2D eigenvalue weighted by atomic mass is 9.93. The number of hydrogen-bond donors (Lipinski definition) is 0. The van der Waals surface area contributed by atoms with Crippen LogP contribution in [-0.4, -0.2) is 51.4 Å². The number of piperazine rings is 1. The number of aromatic nitrogens is 2. The maximum absolute atomic E-state index is 12.5. The summed E-state index contributed by atoms with van der Waals surface area (Å²) in [7, 11) is 0. The van der Waals surface area contributed by atoms with E-state index in [1.807, 2.05) is 12.4 Å². The largest absolute Gasteiger partial charge is 0.337 e. The molecule has 1 aliphatic carbocycles. The van der Waals surface area contributed by atoms with Crippen molar-refractivity contribution in [3.63, 3.8) is 0 Å². The molecule has 5 nitrogen and oxygen atoms in total. The fraction of sp³-hybridized carbons (Fsp3) is 0.722. The van der Waals surface area contributed by atoms with Crippen molar-refractivity contribution in [1.29, 1.82) is 0 Å². The highest BCUT2D eigenvalue weighted by molar-refractivity contribution is 5.79. The molecule has 2 aliphatic rings. The molecule has 1 saturated carbocycles. The van der Waals surface area contributed by atoms with Crippen molar-refractivity contribution in [3.8, 4) is 0 Å². The Bertz CT molecular complexity index is 510. The predicted molar refractivity (Wildman–Crippen MR) is 89.9 cm³/mol. The monoisotopic (exact) mass is 316 g/mol. The standard InChI is InChI=1S/C18H28N4O/c1-2-6-17-19-11-15(12-20-17)13-21-9-10-22(18(23)14-21)16-7-4-3-5-8-16/h11-12,16H,2-10,13-14H2,1H3. The van der Waals surface area contributed by atoms with Gasteiger partial charge >= 0.3 is 0 Å². The van der Waals surface area contributed by atoms with Crippen LogP contribution in [0.5, 0.6) is 0 Å². The Morgan fingerprint density at radius 1 is 1.13 bits per heavy atom. The van der Waals surface area contributed by atoms with Crippen molar-refractivity contribution in [1.82, 2.24) is 19.8 Å². The van der Waals surface area contributed by atoms with Crippen LogP contribution in [0.15, 0.2) is 12.4 Å². The minimum atomic E-state index is 0.298. The fourth-order valence-corrected chi connectivity index (χ4v) is 3.72. The molecule has 1 aliphatic heterocycles. The Morgan fingerprint density at radius 2 is 1.87 bits per heavy atom. The molecule has 2 fully saturated rings. The van der Waals surface area contributed by atoms with Gasteiger partial charge in [-0.2, -0.15) is 0 Å². The van der Waals surface area contributed by atoms with E-state index in [0.717, 1.165) is 43.9 Å². The number of amides is 1. The first kappa shape index (κ1) is 16.4. The number of carbonyl (C=O) groups excluding carboxylic acids is 1. The third-order valence-electron chi connectivity index (χ3n) is 4.99. The Kier molecular flexibility index (Phi) is 5.60. The lowest BCUT2D eigenvalue weighted by Gasteiger charge is -2.40. The molecule has 1 amide bonds. The van der Waals surface area contributed by atoms with Gasteiger partial charge in [0.2, 0.25) is 5.91 Å². The molecular formula is C18H28N4O. The smallest absolute Gasteiger partial charge is 0.237 e. The maximum atomic E-state index is 12.5. The van der Waals surface area contributed by atoms with E-state index >= 15 is 0 Å². The second-order valence-corrected chi connectivity index (χ2v) is 6.85. The number of nitrogens with zero attached hydrogens (tertiary/aromatic N) is 4. The summed E-state index contributed by atoms with van der Waals surface area (Å²) in [6.07, 6.45) is 12.1. The Balaban J connectivity index is 1.52. The Labute approximate surface area is 139 Å². The highest BCUT2D eigenvalue weighted by atomic mass is 16.2. The van der Waals surface area contributed by atoms with E-state index < -0.39 is 0 Å². The molecule has 1 saturated heterocycles. The van der Waals surface area contributed by atoms with Crippen LogP contribution in [0.4, 0.5) is 0 Å². The summed E-state index contributed by atoms with van der Waals surface area (Å²) < 4.78 is 0. The third-order valence-corrected chi connectivity index (χ3v) is 4.99. The van der Waals surface area contributed by atoms with Gasteiger partial charge < -0.3 is 4.90 Å². The van der Waals surface area contributed by atoms with Crippen LogP contribution < -0.4 is 0 Å². The van der Waals surface area contributed by atoms with Gasteiger partial charge in [0, 0.05) is 50.1 Å². The lowest BCUT2D eigenvalue weighted by Crippen LogP contribution is -2.54. The van der Waals surface area contributed by atoms with Crippen LogP contribution in [0.2, 0.25) is 0 Å². The number of hydrogen-bond acceptors (Lipinski definition) is 4. The number of aryl methyl sites for hydroxylation is 1. The van der Waals surface area contributed by atoms with Gasteiger partial charge in [0.1, 0.15) is 5.82 Å². The third kappa shape index (κ3) is 4.28. The van der Waals surface area contributed by atoms with Crippen LogP contribution in [-0.2, 0) is 17.8 Å². The van der Waals surface area contributed by atoms with Gasteiger partial charge in [0.05, 0.1) is 6.54 Å². The first-order valence-corrected chi connectivity index (χ1v) is 9.08. The second-order valence-electron chi connectivity index (χ2n) is 6.85. The van der Waals surface area contributed by atoms with Gasteiger partial charge in [0.25, 0.3) is 0 Å². The van der Waals surface area contributed by atoms with E-state index in [4.69, 9.17) is 0 Å². The van der Waals surface area contributed by atoms with Crippen molar-refractivity contribution in [2.75, 3.05) is 19.6 Å².